The Morgan fingerprint density at radius 3 is 2.55 bits per heavy atom. The second-order valence-corrected chi connectivity index (χ2v) is 7.31. The number of amides is 2. The van der Waals surface area contributed by atoms with Crippen molar-refractivity contribution in [3.63, 3.8) is 0 Å². The largest absolute Gasteiger partial charge is 0.497 e. The van der Waals surface area contributed by atoms with E-state index in [0.717, 1.165) is 11.3 Å². The molecular weight excluding hydrogens is 395 g/mol. The van der Waals surface area contributed by atoms with E-state index in [-0.39, 0.29) is 12.4 Å². The van der Waals surface area contributed by atoms with E-state index >= 15 is 0 Å². The summed E-state index contributed by atoms with van der Waals surface area (Å²) in [6, 6.07) is 12.2. The van der Waals surface area contributed by atoms with Crippen LogP contribution in [-0.2, 0) is 12.8 Å². The number of aromatic nitrogens is 2. The average molecular weight is 416 g/mol. The Bertz CT molecular complexity index is 932. The highest BCUT2D eigenvalue weighted by Crippen LogP contribution is 2.24. The third kappa shape index (κ3) is 5.97. The maximum atomic E-state index is 13.0. The number of urea groups is 1. The molecule has 0 saturated carbocycles. The standard InChI is InChI=1S/C20H21FN4O3S/c1-28-16-8-2-13(3-9-16)12-17(19-25-24-18(29-19)10-11-26)23-20(27)22-15-6-4-14(21)5-7-15/h2-9,17,26H,10-12H2,1H3,(H2,22,23,27)/t17-/m0/s1. The summed E-state index contributed by atoms with van der Waals surface area (Å²) in [7, 11) is 1.60. The van der Waals surface area contributed by atoms with Crippen LogP contribution in [0.15, 0.2) is 48.5 Å². The number of carbonyl (C=O) groups is 1. The summed E-state index contributed by atoms with van der Waals surface area (Å²) >= 11 is 1.34. The van der Waals surface area contributed by atoms with E-state index in [1.807, 2.05) is 24.3 Å². The van der Waals surface area contributed by atoms with Gasteiger partial charge in [0.05, 0.1) is 13.2 Å². The highest BCUT2D eigenvalue weighted by molar-refractivity contribution is 7.11. The lowest BCUT2D eigenvalue weighted by molar-refractivity contribution is 0.248. The second-order valence-electron chi connectivity index (χ2n) is 6.22. The van der Waals surface area contributed by atoms with Crippen molar-refractivity contribution >= 4 is 23.1 Å². The lowest BCUT2D eigenvalue weighted by atomic mass is 10.1. The molecule has 9 heteroatoms. The van der Waals surface area contributed by atoms with Crippen molar-refractivity contribution in [2.75, 3.05) is 19.0 Å². The maximum absolute atomic E-state index is 13.0. The number of hydrogen-bond acceptors (Lipinski definition) is 6. The molecule has 0 spiro atoms. The van der Waals surface area contributed by atoms with Gasteiger partial charge in [-0.2, -0.15) is 0 Å². The Hall–Kier alpha value is -3.04. The van der Waals surface area contributed by atoms with Crippen molar-refractivity contribution < 1.29 is 19.0 Å². The number of methoxy groups -OCH3 is 1. The Labute approximate surface area is 171 Å². The number of halogens is 1. The molecule has 0 unspecified atom stereocenters. The summed E-state index contributed by atoms with van der Waals surface area (Å²) in [5, 5.41) is 24.3. The fourth-order valence-electron chi connectivity index (χ4n) is 2.66. The highest BCUT2D eigenvalue weighted by Gasteiger charge is 2.20. The van der Waals surface area contributed by atoms with Gasteiger partial charge < -0.3 is 20.5 Å². The number of nitrogens with one attached hydrogen (secondary N) is 2. The van der Waals surface area contributed by atoms with Gasteiger partial charge in [-0.15, -0.1) is 10.2 Å². The molecule has 0 saturated heterocycles. The zero-order valence-electron chi connectivity index (χ0n) is 15.8. The van der Waals surface area contributed by atoms with Gasteiger partial charge in [0.1, 0.15) is 21.6 Å². The first-order chi connectivity index (χ1) is 14.1. The van der Waals surface area contributed by atoms with Crippen LogP contribution in [0.4, 0.5) is 14.9 Å². The van der Waals surface area contributed by atoms with Crippen molar-refractivity contribution in [2.45, 2.75) is 18.9 Å². The van der Waals surface area contributed by atoms with Gasteiger partial charge in [0.25, 0.3) is 0 Å². The minimum Gasteiger partial charge on any atom is -0.497 e. The van der Waals surface area contributed by atoms with Crippen molar-refractivity contribution in [2.24, 2.45) is 0 Å². The van der Waals surface area contributed by atoms with Gasteiger partial charge in [0.15, 0.2) is 0 Å². The van der Waals surface area contributed by atoms with Crippen LogP contribution in [0.3, 0.4) is 0 Å². The summed E-state index contributed by atoms with van der Waals surface area (Å²) in [4.78, 5) is 12.5. The lowest BCUT2D eigenvalue weighted by Crippen LogP contribution is -2.33. The lowest BCUT2D eigenvalue weighted by Gasteiger charge is -2.17. The van der Waals surface area contributed by atoms with E-state index in [4.69, 9.17) is 9.84 Å². The van der Waals surface area contributed by atoms with Crippen LogP contribution in [0, 0.1) is 5.82 Å². The Kier molecular flexibility index (Phi) is 7.09. The van der Waals surface area contributed by atoms with Crippen LogP contribution in [0.1, 0.15) is 21.6 Å². The third-order valence-corrected chi connectivity index (χ3v) is 5.21. The quantitative estimate of drug-likeness (QED) is 0.523. The minimum absolute atomic E-state index is 0.0176. The van der Waals surface area contributed by atoms with Gasteiger partial charge in [-0.25, -0.2) is 9.18 Å². The van der Waals surface area contributed by atoms with Gasteiger partial charge in [0.2, 0.25) is 0 Å². The minimum atomic E-state index is -0.436. The molecule has 0 aliphatic heterocycles. The molecule has 1 aromatic heterocycles. The molecule has 29 heavy (non-hydrogen) atoms. The topological polar surface area (TPSA) is 96.4 Å². The number of ether oxygens (including phenoxy) is 1. The van der Waals surface area contributed by atoms with E-state index in [9.17, 15) is 9.18 Å². The van der Waals surface area contributed by atoms with Crippen LogP contribution in [0.25, 0.3) is 0 Å². The zero-order chi connectivity index (χ0) is 20.6. The van der Waals surface area contributed by atoms with Crippen molar-refractivity contribution in [3.8, 4) is 5.75 Å². The summed E-state index contributed by atoms with van der Waals surface area (Å²) < 4.78 is 18.2. The molecule has 1 atom stereocenters. The molecular formula is C20H21FN4O3S. The second kappa shape index (κ2) is 9.94. The van der Waals surface area contributed by atoms with Crippen molar-refractivity contribution in [1.82, 2.24) is 15.5 Å². The van der Waals surface area contributed by atoms with E-state index in [1.165, 1.54) is 35.6 Å². The molecule has 3 aromatic rings. The third-order valence-electron chi connectivity index (χ3n) is 4.11. The maximum Gasteiger partial charge on any atom is 0.319 e. The molecule has 7 nitrogen and oxygen atoms in total. The molecule has 0 radical (unpaired) electrons. The Morgan fingerprint density at radius 2 is 1.90 bits per heavy atom. The number of hydrogen-bond donors (Lipinski definition) is 3. The molecule has 1 heterocycles. The summed E-state index contributed by atoms with van der Waals surface area (Å²) in [6.07, 6.45) is 0.906. The normalized spacial score (nSPS) is 11.7. The molecule has 2 amide bonds. The van der Waals surface area contributed by atoms with Crippen molar-refractivity contribution in [1.29, 1.82) is 0 Å². The summed E-state index contributed by atoms with van der Waals surface area (Å²) in [5.74, 6) is 0.368. The van der Waals surface area contributed by atoms with Crippen LogP contribution >= 0.6 is 11.3 Å². The van der Waals surface area contributed by atoms with Crippen LogP contribution in [-0.4, -0.2) is 35.1 Å². The summed E-state index contributed by atoms with van der Waals surface area (Å²) in [6.45, 7) is -0.0176. The fourth-order valence-corrected chi connectivity index (χ4v) is 3.54. The highest BCUT2D eigenvalue weighted by atomic mass is 32.1. The van der Waals surface area contributed by atoms with Gasteiger partial charge in [-0.1, -0.05) is 23.5 Å². The number of benzene rings is 2. The molecule has 0 fully saturated rings. The van der Waals surface area contributed by atoms with Crippen LogP contribution in [0.2, 0.25) is 0 Å². The van der Waals surface area contributed by atoms with Crippen LogP contribution < -0.4 is 15.4 Å². The first kappa shape index (κ1) is 20.7. The van der Waals surface area contributed by atoms with E-state index in [1.54, 1.807) is 7.11 Å². The molecule has 0 aliphatic carbocycles. The number of rotatable bonds is 8. The average Bonchev–Trinajstić information content (AvgIpc) is 3.19. The first-order valence-electron chi connectivity index (χ1n) is 8.96. The van der Waals surface area contributed by atoms with E-state index < -0.39 is 12.1 Å². The summed E-state index contributed by atoms with van der Waals surface area (Å²) in [5.41, 5.74) is 1.46. The van der Waals surface area contributed by atoms with Gasteiger partial charge in [-0.3, -0.25) is 0 Å². The van der Waals surface area contributed by atoms with Gasteiger partial charge in [-0.05, 0) is 48.4 Å². The number of nitrogens with zero attached hydrogens (tertiary/aromatic N) is 2. The molecule has 2 aromatic carbocycles. The zero-order valence-corrected chi connectivity index (χ0v) is 16.6. The predicted molar refractivity (Wildman–Crippen MR) is 109 cm³/mol. The number of aliphatic hydroxyl groups is 1. The molecule has 0 bridgehead atoms. The monoisotopic (exact) mass is 416 g/mol. The molecule has 0 aliphatic rings. The molecule has 3 rings (SSSR count). The van der Waals surface area contributed by atoms with Gasteiger partial charge >= 0.3 is 6.03 Å². The smallest absolute Gasteiger partial charge is 0.319 e. The Balaban J connectivity index is 1.75. The van der Waals surface area contributed by atoms with E-state index in [2.05, 4.69) is 20.8 Å². The molecule has 3 N–H and O–H groups in total. The fraction of sp³-hybridized carbons (Fsp3) is 0.250. The van der Waals surface area contributed by atoms with Gasteiger partial charge in [0, 0.05) is 18.7 Å². The SMILES string of the molecule is COc1ccc(C[C@H](NC(=O)Nc2ccc(F)cc2)c2nnc(CCO)s2)cc1. The van der Waals surface area contributed by atoms with Crippen molar-refractivity contribution in [3.05, 3.63) is 69.9 Å². The van der Waals surface area contributed by atoms with E-state index in [0.29, 0.717) is 28.5 Å². The predicted octanol–water partition coefficient (Wildman–Crippen LogP) is 3.33. The number of anilines is 1. The number of carbonyl (C=O) groups excluding carboxylic acids is 1. The Morgan fingerprint density at radius 1 is 1.17 bits per heavy atom. The molecule has 152 valence electrons. The van der Waals surface area contributed by atoms with Crippen LogP contribution in [0.5, 0.6) is 5.75 Å². The number of aliphatic hydroxyl groups excluding tert-OH is 1. The first-order valence-corrected chi connectivity index (χ1v) is 9.78.